The van der Waals surface area contributed by atoms with Crippen LogP contribution in [0.25, 0.3) is 0 Å². The molecule has 0 bridgehead atoms. The maximum Gasteiger partial charge on any atom is 0.247 e. The van der Waals surface area contributed by atoms with Crippen molar-refractivity contribution in [2.75, 3.05) is 47.6 Å². The molecule has 4 atom stereocenters. The Morgan fingerprint density at radius 1 is 1.07 bits per heavy atom. The van der Waals surface area contributed by atoms with Gasteiger partial charge in [-0.3, -0.25) is 9.59 Å². The third-order valence-electron chi connectivity index (χ3n) is 7.47. The molecule has 0 fully saturated rings. The number of benzene rings is 2. The molecule has 11 nitrogen and oxygen atoms in total. The van der Waals surface area contributed by atoms with E-state index >= 15 is 0 Å². The third-order valence-corrected chi connectivity index (χ3v) is 7.47. The molecular formula is C30H38N2O9. The van der Waals surface area contributed by atoms with Gasteiger partial charge in [0.05, 0.1) is 52.4 Å². The zero-order valence-corrected chi connectivity index (χ0v) is 23.5. The maximum atomic E-state index is 13.5. The average molecular weight is 571 g/mol. The third kappa shape index (κ3) is 6.48. The van der Waals surface area contributed by atoms with Crippen LogP contribution >= 0.6 is 0 Å². The Hall–Kier alpha value is -3.64. The maximum absolute atomic E-state index is 13.5. The zero-order chi connectivity index (χ0) is 29.5. The number of nitrogens with zero attached hydrogens (tertiary/aromatic N) is 1. The van der Waals surface area contributed by atoms with Crippen LogP contribution in [0.3, 0.4) is 0 Å². The van der Waals surface area contributed by atoms with Crippen LogP contribution in [-0.2, 0) is 27.4 Å². The van der Waals surface area contributed by atoms with Crippen LogP contribution in [0.1, 0.15) is 29.0 Å². The highest BCUT2D eigenvalue weighted by Gasteiger charge is 2.51. The topological polar surface area (TPSA) is 147 Å². The van der Waals surface area contributed by atoms with Crippen LogP contribution < -0.4 is 19.5 Å². The average Bonchev–Trinajstić information content (AvgIpc) is 3.39. The lowest BCUT2D eigenvalue weighted by Gasteiger charge is -2.41. The van der Waals surface area contributed by atoms with Gasteiger partial charge < -0.3 is 44.5 Å². The molecule has 2 amide bonds. The van der Waals surface area contributed by atoms with Crippen molar-refractivity contribution in [1.82, 2.24) is 10.2 Å². The molecule has 4 unspecified atom stereocenters. The van der Waals surface area contributed by atoms with Gasteiger partial charge in [0, 0.05) is 31.3 Å². The molecule has 4 N–H and O–H groups in total. The van der Waals surface area contributed by atoms with E-state index in [4.69, 9.17) is 18.9 Å². The second-order valence-corrected chi connectivity index (χ2v) is 9.95. The van der Waals surface area contributed by atoms with E-state index in [1.54, 1.807) is 30.2 Å². The number of fused-ring (bicyclic) bond motifs is 3. The smallest absolute Gasteiger partial charge is 0.247 e. The quantitative estimate of drug-likeness (QED) is 0.276. The fourth-order valence-corrected chi connectivity index (χ4v) is 5.47. The number of carbonyl (C=O) groups excluding carboxylic acids is 2. The van der Waals surface area contributed by atoms with E-state index in [0.29, 0.717) is 40.4 Å². The molecule has 1 heterocycles. The van der Waals surface area contributed by atoms with E-state index in [-0.39, 0.29) is 45.2 Å². The molecule has 2 aromatic rings. The Bertz CT molecular complexity index is 1260. The Kier molecular flexibility index (Phi) is 10.2. The number of hydrogen-bond donors (Lipinski definition) is 4. The van der Waals surface area contributed by atoms with Gasteiger partial charge in [-0.2, -0.15) is 0 Å². The standard InChI is InChI=1S/C30H38N2O9/c1-38-12-8-25(35)32(10-7-18-5-4-6-20(13-18)39-2)23-16-22(30(37)31-9-11-33)26-21-14-19(17-34)15-24(40-3)28(21)41-29(26)27(23)36/h4-6,13-16,23,26-27,29,33-34,36H,7-12,17H2,1-3H3,(H,31,37). The molecule has 0 radical (unpaired) electrons. The van der Waals surface area contributed by atoms with Gasteiger partial charge in [0.15, 0.2) is 11.5 Å². The Morgan fingerprint density at radius 2 is 1.88 bits per heavy atom. The van der Waals surface area contributed by atoms with Crippen molar-refractivity contribution < 1.29 is 43.9 Å². The molecule has 2 aliphatic rings. The summed E-state index contributed by atoms with van der Waals surface area (Å²) in [5.74, 6) is 0.0351. The zero-order valence-electron chi connectivity index (χ0n) is 23.5. The van der Waals surface area contributed by atoms with Gasteiger partial charge in [0.1, 0.15) is 18.0 Å². The van der Waals surface area contributed by atoms with Crippen LogP contribution in [0.2, 0.25) is 0 Å². The van der Waals surface area contributed by atoms with Gasteiger partial charge in [-0.25, -0.2) is 0 Å². The van der Waals surface area contributed by atoms with Crippen LogP contribution in [0.4, 0.5) is 0 Å². The minimum atomic E-state index is -1.19. The van der Waals surface area contributed by atoms with E-state index in [1.807, 2.05) is 24.3 Å². The fourth-order valence-electron chi connectivity index (χ4n) is 5.47. The number of amides is 2. The molecule has 222 valence electrons. The fraction of sp³-hybridized carbons (Fsp3) is 0.467. The van der Waals surface area contributed by atoms with E-state index < -0.39 is 30.1 Å². The summed E-state index contributed by atoms with van der Waals surface area (Å²) < 4.78 is 22.2. The van der Waals surface area contributed by atoms with Crippen molar-refractivity contribution in [3.05, 3.63) is 64.7 Å². The molecule has 41 heavy (non-hydrogen) atoms. The summed E-state index contributed by atoms with van der Waals surface area (Å²) in [6.45, 7) is -0.0342. The first-order valence-corrected chi connectivity index (χ1v) is 13.5. The first-order valence-electron chi connectivity index (χ1n) is 13.5. The number of rotatable bonds is 13. The summed E-state index contributed by atoms with van der Waals surface area (Å²) in [6.07, 6.45) is 0.0709. The Balaban J connectivity index is 1.75. The van der Waals surface area contributed by atoms with Crippen LogP contribution in [0.15, 0.2) is 48.0 Å². The Labute approximate surface area is 239 Å². The largest absolute Gasteiger partial charge is 0.497 e. The molecule has 0 aromatic heterocycles. The summed E-state index contributed by atoms with van der Waals surface area (Å²) in [4.78, 5) is 28.5. The van der Waals surface area contributed by atoms with Crippen LogP contribution in [0, 0.1) is 0 Å². The number of hydrogen-bond acceptors (Lipinski definition) is 9. The first kappa shape index (κ1) is 30.3. The lowest BCUT2D eigenvalue weighted by molar-refractivity contribution is -0.138. The summed E-state index contributed by atoms with van der Waals surface area (Å²) >= 11 is 0. The number of carbonyl (C=O) groups is 2. The number of ether oxygens (including phenoxy) is 4. The van der Waals surface area contributed by atoms with E-state index in [0.717, 1.165) is 5.56 Å². The van der Waals surface area contributed by atoms with Crippen molar-refractivity contribution in [3.63, 3.8) is 0 Å². The van der Waals surface area contributed by atoms with Crippen molar-refractivity contribution in [1.29, 1.82) is 0 Å². The number of aliphatic hydroxyl groups is 3. The summed E-state index contributed by atoms with van der Waals surface area (Å²) in [5.41, 5.74) is 2.38. The second-order valence-electron chi connectivity index (χ2n) is 9.95. The lowest BCUT2D eigenvalue weighted by Crippen LogP contribution is -2.56. The summed E-state index contributed by atoms with van der Waals surface area (Å²) in [5, 5.41) is 33.6. The summed E-state index contributed by atoms with van der Waals surface area (Å²) in [7, 11) is 4.57. The first-order chi connectivity index (χ1) is 19.9. The van der Waals surface area contributed by atoms with Crippen molar-refractivity contribution in [2.24, 2.45) is 0 Å². The minimum absolute atomic E-state index is 0.0286. The van der Waals surface area contributed by atoms with Gasteiger partial charge in [-0.05, 0) is 47.9 Å². The Morgan fingerprint density at radius 3 is 2.56 bits per heavy atom. The molecule has 0 saturated carbocycles. The molecular weight excluding hydrogens is 532 g/mol. The lowest BCUT2D eigenvalue weighted by atomic mass is 9.77. The van der Waals surface area contributed by atoms with Gasteiger partial charge in [-0.1, -0.05) is 12.1 Å². The van der Waals surface area contributed by atoms with Gasteiger partial charge in [0.25, 0.3) is 0 Å². The molecule has 1 aliphatic carbocycles. The molecule has 1 aliphatic heterocycles. The van der Waals surface area contributed by atoms with E-state index in [9.17, 15) is 24.9 Å². The van der Waals surface area contributed by atoms with Crippen LogP contribution in [0.5, 0.6) is 17.2 Å². The second kappa shape index (κ2) is 13.8. The van der Waals surface area contributed by atoms with E-state index in [1.165, 1.54) is 14.2 Å². The van der Waals surface area contributed by atoms with Crippen molar-refractivity contribution in [3.8, 4) is 17.2 Å². The predicted molar refractivity (Wildman–Crippen MR) is 149 cm³/mol. The highest BCUT2D eigenvalue weighted by atomic mass is 16.5. The highest BCUT2D eigenvalue weighted by Crippen LogP contribution is 2.51. The molecule has 0 saturated heterocycles. The highest BCUT2D eigenvalue weighted by molar-refractivity contribution is 5.96. The van der Waals surface area contributed by atoms with Gasteiger partial charge in [0.2, 0.25) is 11.8 Å². The monoisotopic (exact) mass is 570 g/mol. The number of nitrogens with one attached hydrogen (secondary N) is 1. The predicted octanol–water partition coefficient (Wildman–Crippen LogP) is 0.927. The molecule has 2 aromatic carbocycles. The van der Waals surface area contributed by atoms with Crippen molar-refractivity contribution >= 4 is 11.8 Å². The summed E-state index contributed by atoms with van der Waals surface area (Å²) in [6, 6.07) is 10.00. The molecule has 11 heteroatoms. The van der Waals surface area contributed by atoms with Gasteiger partial charge >= 0.3 is 0 Å². The minimum Gasteiger partial charge on any atom is -0.497 e. The van der Waals surface area contributed by atoms with Gasteiger partial charge in [-0.15, -0.1) is 0 Å². The van der Waals surface area contributed by atoms with Crippen molar-refractivity contribution in [2.45, 2.75) is 43.6 Å². The van der Waals surface area contributed by atoms with E-state index in [2.05, 4.69) is 5.32 Å². The number of methoxy groups -OCH3 is 3. The SMILES string of the molecule is COCCC(=O)N(CCc1cccc(OC)c1)C1C=C(C(=O)NCCO)C2c3cc(CO)cc(OC)c3OC2C1O. The van der Waals surface area contributed by atoms with Crippen LogP contribution in [-0.4, -0.2) is 97.9 Å². The molecule has 4 rings (SSSR count). The molecule has 0 spiro atoms. The normalized spacial score (nSPS) is 20.8. The number of aliphatic hydroxyl groups excluding tert-OH is 3.